The maximum atomic E-state index is 9.72. The number of phenols is 1. The van der Waals surface area contributed by atoms with E-state index < -0.39 is 0 Å². The van der Waals surface area contributed by atoms with Crippen LogP contribution in [0.5, 0.6) is 17.2 Å². The van der Waals surface area contributed by atoms with Crippen LogP contribution < -0.4 is 9.47 Å². The molecule has 1 aliphatic rings. The summed E-state index contributed by atoms with van der Waals surface area (Å²) >= 11 is 0. The third kappa shape index (κ3) is 1.62. The van der Waals surface area contributed by atoms with Crippen molar-refractivity contribution in [2.75, 3.05) is 14.2 Å². The fraction of sp³-hybridized carbons (Fsp3) is 0.176. The number of phenolic OH excluding ortho intramolecular Hbond substituents is 1. The summed E-state index contributed by atoms with van der Waals surface area (Å²) < 4.78 is 10.9. The third-order valence-electron chi connectivity index (χ3n) is 4.12. The molecule has 0 fully saturated rings. The Labute approximate surface area is 121 Å². The number of aromatic nitrogens is 1. The van der Waals surface area contributed by atoms with E-state index in [1.165, 1.54) is 11.1 Å². The van der Waals surface area contributed by atoms with Gasteiger partial charge in [0.1, 0.15) is 17.2 Å². The highest BCUT2D eigenvalue weighted by molar-refractivity contribution is 5.96. The van der Waals surface area contributed by atoms with E-state index in [1.54, 1.807) is 26.4 Å². The van der Waals surface area contributed by atoms with Gasteiger partial charge in [0.2, 0.25) is 0 Å². The average Bonchev–Trinajstić information content (AvgIpc) is 3.02. The van der Waals surface area contributed by atoms with E-state index in [-0.39, 0.29) is 5.75 Å². The summed E-state index contributed by atoms with van der Waals surface area (Å²) in [6, 6.07) is 9.34. The Hall–Kier alpha value is -2.62. The highest BCUT2D eigenvalue weighted by atomic mass is 16.5. The fourth-order valence-electron chi connectivity index (χ4n) is 3.17. The van der Waals surface area contributed by atoms with Crippen LogP contribution in [-0.4, -0.2) is 24.3 Å². The molecule has 0 atom stereocenters. The Kier molecular flexibility index (Phi) is 2.42. The molecule has 2 N–H and O–H groups in total. The molecule has 1 heterocycles. The van der Waals surface area contributed by atoms with Gasteiger partial charge in [-0.05, 0) is 35.4 Å². The SMILES string of the molecule is COc1cc2c(c(OC)c1)-c1[nH]c3ccc(O)cc3c1C2. The molecule has 0 radical (unpaired) electrons. The summed E-state index contributed by atoms with van der Waals surface area (Å²) in [6.07, 6.45) is 0.807. The zero-order valence-corrected chi connectivity index (χ0v) is 11.9. The number of hydrogen-bond acceptors (Lipinski definition) is 3. The number of aromatic hydroxyl groups is 1. The van der Waals surface area contributed by atoms with Crippen molar-refractivity contribution in [3.8, 4) is 28.5 Å². The molecule has 21 heavy (non-hydrogen) atoms. The number of rotatable bonds is 2. The number of methoxy groups -OCH3 is 2. The van der Waals surface area contributed by atoms with Crippen LogP contribution in [0.1, 0.15) is 11.1 Å². The lowest BCUT2D eigenvalue weighted by molar-refractivity contribution is 0.395. The van der Waals surface area contributed by atoms with Crippen LogP contribution in [0, 0.1) is 0 Å². The van der Waals surface area contributed by atoms with Gasteiger partial charge >= 0.3 is 0 Å². The molecule has 1 aromatic heterocycles. The summed E-state index contributed by atoms with van der Waals surface area (Å²) in [4.78, 5) is 3.44. The summed E-state index contributed by atoms with van der Waals surface area (Å²) in [6.45, 7) is 0. The molecule has 0 unspecified atom stereocenters. The van der Waals surface area contributed by atoms with Crippen LogP contribution in [0.4, 0.5) is 0 Å². The first-order chi connectivity index (χ1) is 10.2. The number of fused-ring (bicyclic) bond motifs is 5. The van der Waals surface area contributed by atoms with Crippen molar-refractivity contribution >= 4 is 10.9 Å². The molecular formula is C17H15NO3. The maximum absolute atomic E-state index is 9.72. The Morgan fingerprint density at radius 1 is 1.10 bits per heavy atom. The second-order valence-corrected chi connectivity index (χ2v) is 5.25. The van der Waals surface area contributed by atoms with E-state index in [4.69, 9.17) is 9.47 Å². The summed E-state index contributed by atoms with van der Waals surface area (Å²) in [5.41, 5.74) is 5.57. The molecule has 0 saturated carbocycles. The predicted octanol–water partition coefficient (Wildman–Crippen LogP) is 3.46. The van der Waals surface area contributed by atoms with Crippen molar-refractivity contribution in [1.29, 1.82) is 0 Å². The van der Waals surface area contributed by atoms with E-state index in [2.05, 4.69) is 4.98 Å². The monoisotopic (exact) mass is 281 g/mol. The van der Waals surface area contributed by atoms with E-state index in [1.807, 2.05) is 18.2 Å². The van der Waals surface area contributed by atoms with Gasteiger partial charge in [0, 0.05) is 29.0 Å². The minimum Gasteiger partial charge on any atom is -0.508 e. The van der Waals surface area contributed by atoms with Crippen LogP contribution in [0.15, 0.2) is 30.3 Å². The fourth-order valence-corrected chi connectivity index (χ4v) is 3.17. The highest BCUT2D eigenvalue weighted by Crippen LogP contribution is 2.47. The first kappa shape index (κ1) is 12.1. The Morgan fingerprint density at radius 3 is 2.71 bits per heavy atom. The van der Waals surface area contributed by atoms with Crippen molar-refractivity contribution in [1.82, 2.24) is 4.98 Å². The zero-order valence-electron chi connectivity index (χ0n) is 11.9. The number of nitrogens with one attached hydrogen (secondary N) is 1. The van der Waals surface area contributed by atoms with Crippen molar-refractivity contribution in [3.63, 3.8) is 0 Å². The molecule has 0 spiro atoms. The van der Waals surface area contributed by atoms with Crippen LogP contribution in [-0.2, 0) is 6.42 Å². The van der Waals surface area contributed by atoms with Gasteiger partial charge < -0.3 is 19.6 Å². The molecule has 0 saturated heterocycles. The van der Waals surface area contributed by atoms with Crippen LogP contribution >= 0.6 is 0 Å². The number of benzene rings is 2. The number of H-pyrrole nitrogens is 1. The molecule has 4 rings (SSSR count). The number of ether oxygens (including phenoxy) is 2. The predicted molar refractivity (Wildman–Crippen MR) is 81.3 cm³/mol. The van der Waals surface area contributed by atoms with Gasteiger partial charge in [-0.15, -0.1) is 0 Å². The smallest absolute Gasteiger partial charge is 0.132 e. The molecule has 4 nitrogen and oxygen atoms in total. The molecule has 106 valence electrons. The molecular weight excluding hydrogens is 266 g/mol. The minimum atomic E-state index is 0.282. The normalized spacial score (nSPS) is 12.3. The Morgan fingerprint density at radius 2 is 1.95 bits per heavy atom. The lowest BCUT2D eigenvalue weighted by Crippen LogP contribution is -1.92. The standard InChI is InChI=1S/C17H15NO3/c1-20-11-5-9-6-13-12-7-10(19)3-4-14(12)18-17(13)16(9)15(8-11)21-2/h3-5,7-8,18-19H,6H2,1-2H3. The number of hydrogen-bond donors (Lipinski definition) is 2. The zero-order chi connectivity index (χ0) is 14.6. The largest absolute Gasteiger partial charge is 0.508 e. The summed E-state index contributed by atoms with van der Waals surface area (Å²) in [5.74, 6) is 1.88. The van der Waals surface area contributed by atoms with E-state index in [0.717, 1.165) is 40.1 Å². The van der Waals surface area contributed by atoms with Gasteiger partial charge in [0.15, 0.2) is 0 Å². The third-order valence-corrected chi connectivity index (χ3v) is 4.12. The molecule has 2 aromatic carbocycles. The average molecular weight is 281 g/mol. The topological polar surface area (TPSA) is 54.5 Å². The van der Waals surface area contributed by atoms with Gasteiger partial charge in [0.05, 0.1) is 19.9 Å². The van der Waals surface area contributed by atoms with Crippen LogP contribution in [0.3, 0.4) is 0 Å². The molecule has 0 bridgehead atoms. The van der Waals surface area contributed by atoms with Gasteiger partial charge in [-0.2, -0.15) is 0 Å². The molecule has 4 heteroatoms. The highest BCUT2D eigenvalue weighted by Gasteiger charge is 2.27. The van der Waals surface area contributed by atoms with E-state index in [9.17, 15) is 5.11 Å². The summed E-state index contributed by atoms with van der Waals surface area (Å²) in [7, 11) is 3.32. The lowest BCUT2D eigenvalue weighted by atomic mass is 10.1. The van der Waals surface area contributed by atoms with Crippen molar-refractivity contribution in [2.45, 2.75) is 6.42 Å². The quantitative estimate of drug-likeness (QED) is 0.591. The van der Waals surface area contributed by atoms with Crippen LogP contribution in [0.25, 0.3) is 22.2 Å². The second-order valence-electron chi connectivity index (χ2n) is 5.25. The minimum absolute atomic E-state index is 0.282. The Bertz CT molecular complexity index is 864. The lowest BCUT2D eigenvalue weighted by Gasteiger charge is -2.10. The van der Waals surface area contributed by atoms with E-state index >= 15 is 0 Å². The van der Waals surface area contributed by atoms with E-state index in [0.29, 0.717) is 0 Å². The molecule has 0 aliphatic heterocycles. The maximum Gasteiger partial charge on any atom is 0.132 e. The van der Waals surface area contributed by atoms with Gasteiger partial charge in [-0.1, -0.05) is 0 Å². The Balaban J connectivity index is 2.01. The first-order valence-corrected chi connectivity index (χ1v) is 6.80. The molecule has 1 aliphatic carbocycles. The number of aromatic amines is 1. The van der Waals surface area contributed by atoms with Crippen molar-refractivity contribution < 1.29 is 14.6 Å². The van der Waals surface area contributed by atoms with Crippen LogP contribution in [0.2, 0.25) is 0 Å². The van der Waals surface area contributed by atoms with Gasteiger partial charge in [-0.25, -0.2) is 0 Å². The molecule has 0 amide bonds. The molecule has 3 aromatic rings. The van der Waals surface area contributed by atoms with Gasteiger partial charge in [-0.3, -0.25) is 0 Å². The first-order valence-electron chi connectivity index (χ1n) is 6.80. The summed E-state index contributed by atoms with van der Waals surface area (Å²) in [5, 5.41) is 10.8. The second kappa shape index (κ2) is 4.19. The van der Waals surface area contributed by atoms with Gasteiger partial charge in [0.25, 0.3) is 0 Å². The van der Waals surface area contributed by atoms with Crippen molar-refractivity contribution in [2.24, 2.45) is 0 Å². The van der Waals surface area contributed by atoms with Crippen molar-refractivity contribution in [3.05, 3.63) is 41.5 Å².